The number of carboxylic acids is 1. The lowest BCUT2D eigenvalue weighted by molar-refractivity contribution is 0.0689. The van der Waals surface area contributed by atoms with E-state index in [2.05, 4.69) is 18.0 Å². The molecule has 0 saturated heterocycles. The molecule has 1 aromatic rings. The van der Waals surface area contributed by atoms with E-state index >= 15 is 0 Å². The lowest BCUT2D eigenvalue weighted by atomic mass is 9.64. The first-order valence-corrected chi connectivity index (χ1v) is 8.83. The molecule has 3 unspecified atom stereocenters. The average Bonchev–Trinajstić information content (AvgIpc) is 3.13. The molecule has 3 aliphatic carbocycles. The van der Waals surface area contributed by atoms with Crippen molar-refractivity contribution in [1.82, 2.24) is 4.98 Å². The van der Waals surface area contributed by atoms with Gasteiger partial charge in [0.25, 0.3) is 0 Å². The molecule has 0 spiro atoms. The van der Waals surface area contributed by atoms with E-state index in [1.807, 2.05) is 0 Å². The van der Waals surface area contributed by atoms with Crippen LogP contribution in [0.4, 0.5) is 0 Å². The summed E-state index contributed by atoms with van der Waals surface area (Å²) in [5.41, 5.74) is 2.82. The Labute approximate surface area is 132 Å². The van der Waals surface area contributed by atoms with Gasteiger partial charge in [-0.1, -0.05) is 38.7 Å². The SMILES string of the molecule is CC12CCC(C3CCCC3)C1CCc1nc(C(=O)O)ccc12. The molecule has 22 heavy (non-hydrogen) atoms. The zero-order valence-corrected chi connectivity index (χ0v) is 13.3. The van der Waals surface area contributed by atoms with Crippen LogP contribution in [0.25, 0.3) is 0 Å². The molecule has 0 aromatic carbocycles. The lowest BCUT2D eigenvalue weighted by Crippen LogP contribution is -2.37. The summed E-state index contributed by atoms with van der Waals surface area (Å²) in [6.45, 7) is 2.41. The molecule has 0 amide bonds. The Morgan fingerprint density at radius 3 is 2.73 bits per heavy atom. The molecule has 3 nitrogen and oxygen atoms in total. The molecule has 0 aliphatic heterocycles. The van der Waals surface area contributed by atoms with Crippen LogP contribution in [0.15, 0.2) is 12.1 Å². The Kier molecular flexibility index (Phi) is 3.28. The Morgan fingerprint density at radius 1 is 1.23 bits per heavy atom. The number of carbonyl (C=O) groups is 1. The van der Waals surface area contributed by atoms with Crippen LogP contribution in [0.3, 0.4) is 0 Å². The largest absolute Gasteiger partial charge is 0.477 e. The van der Waals surface area contributed by atoms with Gasteiger partial charge in [0.15, 0.2) is 0 Å². The summed E-state index contributed by atoms with van der Waals surface area (Å²) in [6.07, 6.45) is 10.5. The smallest absolute Gasteiger partial charge is 0.354 e. The normalized spacial score (nSPS) is 34.4. The van der Waals surface area contributed by atoms with Crippen molar-refractivity contribution < 1.29 is 9.90 Å². The zero-order chi connectivity index (χ0) is 15.3. The fourth-order valence-corrected chi connectivity index (χ4v) is 5.77. The second-order valence-electron chi connectivity index (χ2n) is 7.81. The molecule has 2 fully saturated rings. The minimum absolute atomic E-state index is 0.200. The van der Waals surface area contributed by atoms with E-state index in [0.29, 0.717) is 0 Å². The average molecular weight is 299 g/mol. The first-order chi connectivity index (χ1) is 10.6. The number of rotatable bonds is 2. The van der Waals surface area contributed by atoms with Crippen molar-refractivity contribution in [1.29, 1.82) is 0 Å². The van der Waals surface area contributed by atoms with Crippen molar-refractivity contribution in [2.45, 2.75) is 63.7 Å². The van der Waals surface area contributed by atoms with Gasteiger partial charge >= 0.3 is 5.97 Å². The maximum Gasteiger partial charge on any atom is 0.354 e. The number of aromatic nitrogens is 1. The molecule has 2 saturated carbocycles. The van der Waals surface area contributed by atoms with Gasteiger partial charge in [-0.25, -0.2) is 9.78 Å². The summed E-state index contributed by atoms with van der Waals surface area (Å²) >= 11 is 0. The Bertz CT molecular complexity index is 605. The Morgan fingerprint density at radius 2 is 2.00 bits per heavy atom. The fraction of sp³-hybridized carbons (Fsp3) is 0.684. The van der Waals surface area contributed by atoms with Crippen LogP contribution in [0.2, 0.25) is 0 Å². The second-order valence-corrected chi connectivity index (χ2v) is 7.81. The van der Waals surface area contributed by atoms with Crippen LogP contribution in [0.5, 0.6) is 0 Å². The van der Waals surface area contributed by atoms with Crippen molar-refractivity contribution in [3.05, 3.63) is 29.1 Å². The van der Waals surface area contributed by atoms with E-state index in [1.54, 1.807) is 6.07 Å². The van der Waals surface area contributed by atoms with Gasteiger partial charge in [0.2, 0.25) is 0 Å². The molecule has 0 radical (unpaired) electrons. The number of fused-ring (bicyclic) bond motifs is 3. The molecule has 3 atom stereocenters. The molecule has 118 valence electrons. The predicted molar refractivity (Wildman–Crippen MR) is 85.0 cm³/mol. The Hall–Kier alpha value is -1.38. The van der Waals surface area contributed by atoms with Gasteiger partial charge < -0.3 is 5.11 Å². The number of hydrogen-bond donors (Lipinski definition) is 1. The van der Waals surface area contributed by atoms with Gasteiger partial charge in [-0.2, -0.15) is 0 Å². The minimum Gasteiger partial charge on any atom is -0.477 e. The number of aryl methyl sites for hydroxylation is 1. The van der Waals surface area contributed by atoms with Gasteiger partial charge in [-0.05, 0) is 60.5 Å². The molecule has 1 aromatic heterocycles. The first kappa shape index (κ1) is 14.2. The van der Waals surface area contributed by atoms with Gasteiger partial charge in [-0.3, -0.25) is 0 Å². The van der Waals surface area contributed by atoms with E-state index in [0.717, 1.165) is 29.9 Å². The summed E-state index contributed by atoms with van der Waals surface area (Å²) in [5.74, 6) is 1.70. The summed E-state index contributed by atoms with van der Waals surface area (Å²) in [4.78, 5) is 15.6. The third kappa shape index (κ3) is 2.01. The number of hydrogen-bond acceptors (Lipinski definition) is 2. The topological polar surface area (TPSA) is 50.2 Å². The standard InChI is InChI=1S/C19H25NO2/c1-19-11-10-13(12-4-2-3-5-12)14(19)6-8-16-15(19)7-9-17(20-16)18(21)22/h7,9,12-14H,2-6,8,10-11H2,1H3,(H,21,22). The fourth-order valence-electron chi connectivity index (χ4n) is 5.77. The highest BCUT2D eigenvalue weighted by molar-refractivity contribution is 5.85. The number of nitrogens with zero attached hydrogens (tertiary/aromatic N) is 1. The molecule has 3 aliphatic rings. The quantitative estimate of drug-likeness (QED) is 0.890. The number of aromatic carboxylic acids is 1. The lowest BCUT2D eigenvalue weighted by Gasteiger charge is -2.41. The van der Waals surface area contributed by atoms with Crippen molar-refractivity contribution in [3.8, 4) is 0 Å². The number of pyridine rings is 1. The van der Waals surface area contributed by atoms with Crippen LogP contribution < -0.4 is 0 Å². The molecule has 4 rings (SSSR count). The zero-order valence-electron chi connectivity index (χ0n) is 13.3. The minimum atomic E-state index is -0.912. The highest BCUT2D eigenvalue weighted by atomic mass is 16.4. The van der Waals surface area contributed by atoms with Gasteiger partial charge in [-0.15, -0.1) is 0 Å². The van der Waals surface area contributed by atoms with Gasteiger partial charge in [0.05, 0.1) is 0 Å². The van der Waals surface area contributed by atoms with Gasteiger partial charge in [0, 0.05) is 5.69 Å². The van der Waals surface area contributed by atoms with Crippen LogP contribution in [-0.2, 0) is 11.8 Å². The van der Waals surface area contributed by atoms with Crippen LogP contribution in [0.1, 0.15) is 73.6 Å². The van der Waals surface area contributed by atoms with Crippen molar-refractivity contribution in [3.63, 3.8) is 0 Å². The molecular weight excluding hydrogens is 274 g/mol. The predicted octanol–water partition coefficient (Wildman–Crippen LogP) is 4.20. The van der Waals surface area contributed by atoms with E-state index in [4.69, 9.17) is 5.11 Å². The Balaban J connectivity index is 1.68. The monoisotopic (exact) mass is 299 g/mol. The summed E-state index contributed by atoms with van der Waals surface area (Å²) < 4.78 is 0. The summed E-state index contributed by atoms with van der Waals surface area (Å²) in [7, 11) is 0. The maximum absolute atomic E-state index is 11.2. The van der Waals surface area contributed by atoms with Crippen molar-refractivity contribution in [2.24, 2.45) is 17.8 Å². The van der Waals surface area contributed by atoms with Crippen molar-refractivity contribution in [2.75, 3.05) is 0 Å². The van der Waals surface area contributed by atoms with E-state index in [1.165, 1.54) is 50.5 Å². The number of carboxylic acid groups (broad SMARTS) is 1. The third-order valence-corrected chi connectivity index (χ3v) is 6.84. The summed E-state index contributed by atoms with van der Waals surface area (Å²) in [5, 5.41) is 9.16. The van der Waals surface area contributed by atoms with Crippen LogP contribution in [0, 0.1) is 17.8 Å². The van der Waals surface area contributed by atoms with Crippen molar-refractivity contribution >= 4 is 5.97 Å². The van der Waals surface area contributed by atoms with Crippen LogP contribution in [-0.4, -0.2) is 16.1 Å². The van der Waals surface area contributed by atoms with Gasteiger partial charge in [0.1, 0.15) is 5.69 Å². The van der Waals surface area contributed by atoms with E-state index < -0.39 is 5.97 Å². The molecular formula is C19H25NO2. The van der Waals surface area contributed by atoms with Crippen LogP contribution >= 0.6 is 0 Å². The van der Waals surface area contributed by atoms with E-state index in [9.17, 15) is 4.79 Å². The molecule has 1 heterocycles. The van der Waals surface area contributed by atoms with E-state index in [-0.39, 0.29) is 11.1 Å². The highest BCUT2D eigenvalue weighted by Gasteiger charge is 2.51. The third-order valence-electron chi connectivity index (χ3n) is 6.84. The molecule has 1 N–H and O–H groups in total. The second kappa shape index (κ2) is 5.07. The molecule has 3 heteroatoms. The highest BCUT2D eigenvalue weighted by Crippen LogP contribution is 2.57. The maximum atomic E-state index is 11.2. The summed E-state index contributed by atoms with van der Waals surface area (Å²) in [6, 6.07) is 3.77. The molecule has 0 bridgehead atoms. The first-order valence-electron chi connectivity index (χ1n) is 8.83.